The molecule has 0 radical (unpaired) electrons. The van der Waals surface area contributed by atoms with E-state index in [1.165, 1.54) is 0 Å². The summed E-state index contributed by atoms with van der Waals surface area (Å²) in [4.78, 5) is 6.59. The van der Waals surface area contributed by atoms with Crippen LogP contribution in [0.5, 0.6) is 0 Å². The molecule has 2 atom stereocenters. The summed E-state index contributed by atoms with van der Waals surface area (Å²) in [7, 11) is 0. The molecule has 0 spiro atoms. The maximum absolute atomic E-state index is 6.02. The van der Waals surface area contributed by atoms with Gasteiger partial charge in [-0.1, -0.05) is 6.07 Å². The minimum absolute atomic E-state index is 0.120. The van der Waals surface area contributed by atoms with Gasteiger partial charge < -0.3 is 13.9 Å². The summed E-state index contributed by atoms with van der Waals surface area (Å²) in [5.41, 5.74) is 1.24. The Hall–Kier alpha value is -1.69. The van der Waals surface area contributed by atoms with Gasteiger partial charge in [0.05, 0.1) is 39.2 Å². The van der Waals surface area contributed by atoms with Crippen LogP contribution in [0.15, 0.2) is 47.3 Å². The number of pyridine rings is 1. The Balaban J connectivity index is 1.35. The van der Waals surface area contributed by atoms with Crippen molar-refractivity contribution in [2.75, 3.05) is 32.9 Å². The zero-order chi connectivity index (χ0) is 15.5. The minimum Gasteiger partial charge on any atom is -0.468 e. The highest BCUT2D eigenvalue weighted by molar-refractivity contribution is 5.07. The van der Waals surface area contributed by atoms with E-state index in [1.807, 2.05) is 30.5 Å². The number of nitrogens with zero attached hydrogens (tertiary/aromatic N) is 2. The number of fused-ring (bicyclic) bond motifs is 1. The highest BCUT2D eigenvalue weighted by Crippen LogP contribution is 2.42. The second-order valence-electron chi connectivity index (χ2n) is 6.68. The Morgan fingerprint density at radius 1 is 1.35 bits per heavy atom. The second kappa shape index (κ2) is 6.43. The predicted molar refractivity (Wildman–Crippen MR) is 84.6 cm³/mol. The Kier molecular flexibility index (Phi) is 4.16. The lowest BCUT2D eigenvalue weighted by Gasteiger charge is -2.27. The largest absolute Gasteiger partial charge is 0.468 e. The van der Waals surface area contributed by atoms with Gasteiger partial charge in [0.25, 0.3) is 0 Å². The molecule has 0 aromatic carbocycles. The van der Waals surface area contributed by atoms with Gasteiger partial charge >= 0.3 is 0 Å². The van der Waals surface area contributed by atoms with Crippen LogP contribution in [-0.4, -0.2) is 42.8 Å². The van der Waals surface area contributed by atoms with Crippen LogP contribution in [0.2, 0.25) is 0 Å². The number of hydrogen-bond donors (Lipinski definition) is 0. The molecule has 2 aliphatic rings. The highest BCUT2D eigenvalue weighted by Gasteiger charge is 2.50. The molecule has 0 N–H and O–H groups in total. The van der Waals surface area contributed by atoms with Gasteiger partial charge in [-0.3, -0.25) is 9.88 Å². The highest BCUT2D eigenvalue weighted by atomic mass is 16.5. The zero-order valence-electron chi connectivity index (χ0n) is 13.2. The lowest BCUT2D eigenvalue weighted by molar-refractivity contribution is 0.0178. The van der Waals surface area contributed by atoms with Gasteiger partial charge in [0.2, 0.25) is 0 Å². The van der Waals surface area contributed by atoms with Gasteiger partial charge in [-0.05, 0) is 23.8 Å². The molecule has 2 saturated heterocycles. The SMILES string of the molecule is c1cncc(COC[C@]23COC[C@H]2CN(Cc2ccco2)C3)c1. The summed E-state index contributed by atoms with van der Waals surface area (Å²) in [6.07, 6.45) is 5.38. The fourth-order valence-electron chi connectivity index (χ4n) is 3.75. The van der Waals surface area contributed by atoms with Crippen LogP contribution in [0, 0.1) is 11.3 Å². The summed E-state index contributed by atoms with van der Waals surface area (Å²) in [5.74, 6) is 1.57. The normalized spacial score (nSPS) is 27.4. The Labute approximate surface area is 136 Å². The third kappa shape index (κ3) is 3.17. The maximum Gasteiger partial charge on any atom is 0.117 e. The summed E-state index contributed by atoms with van der Waals surface area (Å²) >= 11 is 0. The van der Waals surface area contributed by atoms with Crippen molar-refractivity contribution in [2.45, 2.75) is 13.2 Å². The molecule has 4 heterocycles. The molecule has 5 heteroatoms. The maximum atomic E-state index is 6.02. The molecular weight excluding hydrogens is 292 g/mol. The molecule has 2 aromatic heterocycles. The summed E-state index contributed by atoms with van der Waals surface area (Å²) in [5, 5.41) is 0. The molecule has 2 aliphatic heterocycles. The van der Waals surface area contributed by atoms with Gasteiger partial charge in [-0.2, -0.15) is 0 Å². The molecule has 0 amide bonds. The average molecular weight is 314 g/mol. The first-order valence-electron chi connectivity index (χ1n) is 8.13. The van der Waals surface area contributed by atoms with Crippen molar-refractivity contribution in [3.05, 3.63) is 54.2 Å². The van der Waals surface area contributed by atoms with Crippen molar-refractivity contribution in [2.24, 2.45) is 11.3 Å². The average Bonchev–Trinajstić information content (AvgIpc) is 3.25. The van der Waals surface area contributed by atoms with Crippen molar-refractivity contribution in [1.82, 2.24) is 9.88 Å². The van der Waals surface area contributed by atoms with Crippen molar-refractivity contribution in [3.8, 4) is 0 Å². The van der Waals surface area contributed by atoms with E-state index in [1.54, 1.807) is 12.5 Å². The molecule has 4 rings (SSSR count). The standard InChI is InChI=1S/C18H22N2O3/c1-3-15(7-19-5-1)10-21-13-18-12-20(8-16(18)11-22-14-18)9-17-4-2-6-23-17/h1-7,16H,8-14H2/t16-,18-/m1/s1. The van der Waals surface area contributed by atoms with E-state index in [2.05, 4.69) is 9.88 Å². The lowest BCUT2D eigenvalue weighted by atomic mass is 9.82. The van der Waals surface area contributed by atoms with E-state index >= 15 is 0 Å². The van der Waals surface area contributed by atoms with E-state index in [-0.39, 0.29) is 5.41 Å². The molecular formula is C18H22N2O3. The van der Waals surface area contributed by atoms with Crippen molar-refractivity contribution in [3.63, 3.8) is 0 Å². The monoisotopic (exact) mass is 314 g/mol. The second-order valence-corrected chi connectivity index (χ2v) is 6.68. The molecule has 5 nitrogen and oxygen atoms in total. The number of rotatable bonds is 6. The minimum atomic E-state index is 0.120. The van der Waals surface area contributed by atoms with Crippen molar-refractivity contribution in [1.29, 1.82) is 0 Å². The van der Waals surface area contributed by atoms with Gasteiger partial charge in [0, 0.05) is 36.8 Å². The van der Waals surface area contributed by atoms with Crippen LogP contribution in [0.1, 0.15) is 11.3 Å². The summed E-state index contributed by atoms with van der Waals surface area (Å²) in [6, 6.07) is 7.97. The molecule has 0 aliphatic carbocycles. The van der Waals surface area contributed by atoms with Crippen LogP contribution in [0.4, 0.5) is 0 Å². The zero-order valence-corrected chi connectivity index (χ0v) is 13.2. The van der Waals surface area contributed by atoms with E-state index in [9.17, 15) is 0 Å². The molecule has 0 bridgehead atoms. The number of hydrogen-bond acceptors (Lipinski definition) is 5. The van der Waals surface area contributed by atoms with Gasteiger partial charge in [0.1, 0.15) is 5.76 Å². The molecule has 23 heavy (non-hydrogen) atoms. The van der Waals surface area contributed by atoms with Crippen LogP contribution in [0.3, 0.4) is 0 Å². The number of likely N-dealkylation sites (tertiary alicyclic amines) is 1. The van der Waals surface area contributed by atoms with Crippen LogP contribution < -0.4 is 0 Å². The van der Waals surface area contributed by atoms with Crippen LogP contribution >= 0.6 is 0 Å². The van der Waals surface area contributed by atoms with Crippen molar-refractivity contribution < 1.29 is 13.9 Å². The summed E-state index contributed by atoms with van der Waals surface area (Å²) in [6.45, 7) is 5.90. The molecule has 0 saturated carbocycles. The lowest BCUT2D eigenvalue weighted by Crippen LogP contribution is -2.35. The van der Waals surface area contributed by atoms with E-state index in [4.69, 9.17) is 13.9 Å². The third-order valence-electron chi connectivity index (χ3n) is 4.93. The number of ether oxygens (including phenoxy) is 2. The number of aromatic nitrogens is 1. The van der Waals surface area contributed by atoms with Gasteiger partial charge in [0.15, 0.2) is 0 Å². The Bertz CT molecular complexity index is 616. The fourth-order valence-corrected chi connectivity index (χ4v) is 3.75. The van der Waals surface area contributed by atoms with E-state index < -0.39 is 0 Å². The van der Waals surface area contributed by atoms with E-state index in [0.29, 0.717) is 12.5 Å². The predicted octanol–water partition coefficient (Wildman–Crippen LogP) is 2.34. The Morgan fingerprint density at radius 2 is 2.35 bits per heavy atom. The molecule has 122 valence electrons. The van der Waals surface area contributed by atoms with Gasteiger partial charge in [-0.25, -0.2) is 0 Å². The van der Waals surface area contributed by atoms with E-state index in [0.717, 1.165) is 50.8 Å². The summed E-state index contributed by atoms with van der Waals surface area (Å²) < 4.78 is 17.3. The van der Waals surface area contributed by atoms with Crippen molar-refractivity contribution >= 4 is 0 Å². The third-order valence-corrected chi connectivity index (χ3v) is 4.93. The van der Waals surface area contributed by atoms with Crippen LogP contribution in [0.25, 0.3) is 0 Å². The van der Waals surface area contributed by atoms with Crippen LogP contribution in [-0.2, 0) is 22.6 Å². The van der Waals surface area contributed by atoms with Gasteiger partial charge in [-0.15, -0.1) is 0 Å². The Morgan fingerprint density at radius 3 is 3.17 bits per heavy atom. The first-order valence-corrected chi connectivity index (χ1v) is 8.13. The smallest absolute Gasteiger partial charge is 0.117 e. The molecule has 0 unspecified atom stereocenters. The first-order chi connectivity index (χ1) is 11.3. The fraction of sp³-hybridized carbons (Fsp3) is 0.500. The molecule has 2 fully saturated rings. The topological polar surface area (TPSA) is 47.7 Å². The first kappa shape index (κ1) is 14.9. The quantitative estimate of drug-likeness (QED) is 0.819. The number of furan rings is 1. The molecule has 2 aromatic rings.